The van der Waals surface area contributed by atoms with Crippen LogP contribution in [0.3, 0.4) is 0 Å². The van der Waals surface area contributed by atoms with E-state index in [1.807, 2.05) is 48.5 Å². The van der Waals surface area contributed by atoms with E-state index < -0.39 is 0 Å². The minimum atomic E-state index is 0.810. The minimum Gasteiger partial charge on any atom is -0.151 e. The van der Waals surface area contributed by atoms with Crippen LogP contribution in [0.25, 0.3) is 0 Å². The smallest absolute Gasteiger partial charge is 0.0879 e. The van der Waals surface area contributed by atoms with Gasteiger partial charge in [-0.3, -0.25) is 0 Å². The van der Waals surface area contributed by atoms with Gasteiger partial charge in [-0.05, 0) is 30.3 Å². The summed E-state index contributed by atoms with van der Waals surface area (Å²) in [6.07, 6.45) is 0. The number of rotatable bonds is 2. The molecule has 0 amide bonds. The third kappa shape index (κ3) is 3.25. The van der Waals surface area contributed by atoms with Crippen LogP contribution in [0, 0.1) is 0 Å². The van der Waals surface area contributed by atoms with Gasteiger partial charge in [-0.2, -0.15) is 10.2 Å². The SMILES string of the molecule is Brc1cc(Br)cc(N=Nc2ccccc2)c1. The fraction of sp³-hybridized carbons (Fsp3) is 0. The third-order valence-corrected chi connectivity index (χ3v) is 2.80. The monoisotopic (exact) mass is 338 g/mol. The fourth-order valence-electron chi connectivity index (χ4n) is 1.21. The Hall–Kier alpha value is -1.00. The van der Waals surface area contributed by atoms with Gasteiger partial charge in [-0.15, -0.1) is 0 Å². The van der Waals surface area contributed by atoms with Crippen molar-refractivity contribution in [1.82, 2.24) is 0 Å². The number of nitrogens with zero attached hydrogens (tertiary/aromatic N) is 2. The van der Waals surface area contributed by atoms with Gasteiger partial charge in [0.15, 0.2) is 0 Å². The first kappa shape index (κ1) is 11.5. The van der Waals surface area contributed by atoms with Crippen LogP contribution < -0.4 is 0 Å². The van der Waals surface area contributed by atoms with Gasteiger partial charge in [0.2, 0.25) is 0 Å². The zero-order valence-electron chi connectivity index (χ0n) is 8.27. The molecule has 0 radical (unpaired) electrons. The number of hydrogen-bond acceptors (Lipinski definition) is 2. The average molecular weight is 340 g/mol. The molecule has 0 heterocycles. The van der Waals surface area contributed by atoms with E-state index in [4.69, 9.17) is 0 Å². The highest BCUT2D eigenvalue weighted by Crippen LogP contribution is 2.26. The summed E-state index contributed by atoms with van der Waals surface area (Å²) in [6.45, 7) is 0. The van der Waals surface area contributed by atoms with Gasteiger partial charge in [0.05, 0.1) is 11.4 Å². The van der Waals surface area contributed by atoms with Gasteiger partial charge in [0, 0.05) is 8.95 Å². The molecule has 80 valence electrons. The zero-order chi connectivity index (χ0) is 11.4. The van der Waals surface area contributed by atoms with Gasteiger partial charge in [0.25, 0.3) is 0 Å². The summed E-state index contributed by atoms with van der Waals surface area (Å²) in [5.74, 6) is 0. The maximum atomic E-state index is 4.16. The Morgan fingerprint density at radius 2 is 1.25 bits per heavy atom. The molecular formula is C12H8Br2N2. The molecule has 0 unspecified atom stereocenters. The van der Waals surface area contributed by atoms with Crippen molar-refractivity contribution in [3.63, 3.8) is 0 Å². The second-order valence-electron chi connectivity index (χ2n) is 3.16. The Bertz CT molecular complexity index is 489. The van der Waals surface area contributed by atoms with E-state index in [2.05, 4.69) is 42.1 Å². The standard InChI is InChI=1S/C12H8Br2N2/c13-9-6-10(14)8-12(7-9)16-15-11-4-2-1-3-5-11/h1-8H. The van der Waals surface area contributed by atoms with Crippen molar-refractivity contribution in [2.75, 3.05) is 0 Å². The highest BCUT2D eigenvalue weighted by atomic mass is 79.9. The van der Waals surface area contributed by atoms with Crippen LogP contribution in [0.1, 0.15) is 0 Å². The number of benzene rings is 2. The van der Waals surface area contributed by atoms with Crippen LogP contribution in [0.4, 0.5) is 11.4 Å². The maximum absolute atomic E-state index is 4.16. The second-order valence-corrected chi connectivity index (χ2v) is 4.99. The van der Waals surface area contributed by atoms with E-state index >= 15 is 0 Å². The molecule has 0 N–H and O–H groups in total. The molecule has 0 aliphatic carbocycles. The summed E-state index contributed by atoms with van der Waals surface area (Å²) in [5.41, 5.74) is 1.66. The normalized spacial score (nSPS) is 10.9. The van der Waals surface area contributed by atoms with Crippen LogP contribution in [0.15, 0.2) is 67.7 Å². The summed E-state index contributed by atoms with van der Waals surface area (Å²) in [7, 11) is 0. The van der Waals surface area contributed by atoms with Crippen molar-refractivity contribution in [2.45, 2.75) is 0 Å². The molecule has 16 heavy (non-hydrogen) atoms. The van der Waals surface area contributed by atoms with Crippen LogP contribution in [-0.4, -0.2) is 0 Å². The molecule has 0 aromatic heterocycles. The van der Waals surface area contributed by atoms with Crippen LogP contribution in [-0.2, 0) is 0 Å². The van der Waals surface area contributed by atoms with Gasteiger partial charge in [0.1, 0.15) is 0 Å². The molecule has 0 spiro atoms. The molecule has 0 fully saturated rings. The van der Waals surface area contributed by atoms with Gasteiger partial charge >= 0.3 is 0 Å². The molecule has 2 aromatic carbocycles. The molecule has 0 saturated carbocycles. The van der Waals surface area contributed by atoms with E-state index in [1.165, 1.54) is 0 Å². The minimum absolute atomic E-state index is 0.810. The van der Waals surface area contributed by atoms with E-state index in [0.717, 1.165) is 20.3 Å². The Morgan fingerprint density at radius 3 is 1.88 bits per heavy atom. The predicted molar refractivity (Wildman–Crippen MR) is 72.5 cm³/mol. The summed E-state index contributed by atoms with van der Waals surface area (Å²) in [6, 6.07) is 15.4. The van der Waals surface area contributed by atoms with Crippen LogP contribution in [0.2, 0.25) is 0 Å². The van der Waals surface area contributed by atoms with Crippen molar-refractivity contribution >= 4 is 43.2 Å². The first-order valence-corrected chi connectivity index (χ1v) is 6.25. The topological polar surface area (TPSA) is 24.7 Å². The third-order valence-electron chi connectivity index (χ3n) is 1.88. The van der Waals surface area contributed by atoms with Gasteiger partial charge in [-0.25, -0.2) is 0 Å². The molecule has 0 aliphatic heterocycles. The average Bonchev–Trinajstić information content (AvgIpc) is 2.27. The van der Waals surface area contributed by atoms with Crippen molar-refractivity contribution in [1.29, 1.82) is 0 Å². The quantitative estimate of drug-likeness (QED) is 0.634. The van der Waals surface area contributed by atoms with Crippen LogP contribution >= 0.6 is 31.9 Å². The molecule has 2 nitrogen and oxygen atoms in total. The lowest BCUT2D eigenvalue weighted by Crippen LogP contribution is -1.68. The van der Waals surface area contributed by atoms with Gasteiger partial charge in [-0.1, -0.05) is 50.1 Å². The lowest BCUT2D eigenvalue weighted by atomic mass is 10.3. The first-order valence-electron chi connectivity index (χ1n) is 4.67. The van der Waals surface area contributed by atoms with Crippen molar-refractivity contribution in [3.8, 4) is 0 Å². The van der Waals surface area contributed by atoms with Gasteiger partial charge < -0.3 is 0 Å². The van der Waals surface area contributed by atoms with E-state index in [1.54, 1.807) is 0 Å². The molecule has 0 saturated heterocycles. The molecule has 0 bridgehead atoms. The Balaban J connectivity index is 2.24. The van der Waals surface area contributed by atoms with Crippen molar-refractivity contribution in [2.24, 2.45) is 10.2 Å². The van der Waals surface area contributed by atoms with Crippen molar-refractivity contribution in [3.05, 3.63) is 57.5 Å². The first-order chi connectivity index (χ1) is 7.74. The largest absolute Gasteiger partial charge is 0.151 e. The summed E-state index contributed by atoms with van der Waals surface area (Å²) < 4.78 is 1.95. The highest BCUT2D eigenvalue weighted by Gasteiger charge is 1.95. The van der Waals surface area contributed by atoms with E-state index in [0.29, 0.717) is 0 Å². The lowest BCUT2D eigenvalue weighted by Gasteiger charge is -1.96. The fourth-order valence-corrected chi connectivity index (χ4v) is 2.48. The Kier molecular flexibility index (Phi) is 3.85. The second kappa shape index (κ2) is 5.37. The molecular weight excluding hydrogens is 332 g/mol. The van der Waals surface area contributed by atoms with E-state index in [9.17, 15) is 0 Å². The summed E-state index contributed by atoms with van der Waals surface area (Å²) >= 11 is 6.82. The predicted octanol–water partition coefficient (Wildman–Crippen LogP) is 5.63. The molecule has 2 rings (SSSR count). The molecule has 0 aliphatic rings. The highest BCUT2D eigenvalue weighted by molar-refractivity contribution is 9.11. The number of azo groups is 1. The van der Waals surface area contributed by atoms with Crippen LogP contribution in [0.5, 0.6) is 0 Å². The van der Waals surface area contributed by atoms with Crippen molar-refractivity contribution < 1.29 is 0 Å². The molecule has 4 heteroatoms. The summed E-state index contributed by atoms with van der Waals surface area (Å²) in [5, 5.41) is 8.31. The molecule has 0 atom stereocenters. The Labute approximate surface area is 111 Å². The maximum Gasteiger partial charge on any atom is 0.0879 e. The number of halogens is 2. The lowest BCUT2D eigenvalue weighted by molar-refractivity contribution is 1.23. The Morgan fingerprint density at radius 1 is 0.688 bits per heavy atom. The number of hydrogen-bond donors (Lipinski definition) is 0. The zero-order valence-corrected chi connectivity index (χ0v) is 11.4. The summed E-state index contributed by atoms with van der Waals surface area (Å²) in [4.78, 5) is 0. The molecule has 2 aromatic rings. The van der Waals surface area contributed by atoms with E-state index in [-0.39, 0.29) is 0 Å².